The zero-order valence-corrected chi connectivity index (χ0v) is 14.9. The number of ether oxygens (including phenoxy) is 1. The van der Waals surface area contributed by atoms with Crippen LogP contribution in [0.25, 0.3) is 11.0 Å². The summed E-state index contributed by atoms with van der Waals surface area (Å²) in [6.45, 7) is 0. The standard InChI is InChI=1S/C16H13Cl2N3O2S/c1-23-11-4-2-10(3-5-11)19-14(22)8-24-16-20-13-7-9(17)6-12(18)15(13)21-16/h2-7H,8H2,1H3,(H,19,22)(H,20,21). The van der Waals surface area contributed by atoms with E-state index in [0.717, 1.165) is 11.3 Å². The van der Waals surface area contributed by atoms with Crippen molar-refractivity contribution in [2.24, 2.45) is 0 Å². The number of carbonyl (C=O) groups excluding carboxylic acids is 1. The third-order valence-corrected chi connectivity index (χ3v) is 4.58. The van der Waals surface area contributed by atoms with Crippen LogP contribution >= 0.6 is 35.0 Å². The van der Waals surface area contributed by atoms with Crippen molar-refractivity contribution in [3.05, 3.63) is 46.4 Å². The van der Waals surface area contributed by atoms with Crippen LogP contribution in [0.2, 0.25) is 10.0 Å². The molecule has 2 N–H and O–H groups in total. The van der Waals surface area contributed by atoms with Crippen LogP contribution < -0.4 is 10.1 Å². The summed E-state index contributed by atoms with van der Waals surface area (Å²) in [6, 6.07) is 10.5. The molecule has 1 aromatic heterocycles. The molecule has 3 aromatic rings. The highest BCUT2D eigenvalue weighted by Crippen LogP contribution is 2.28. The van der Waals surface area contributed by atoms with Crippen molar-refractivity contribution in [1.29, 1.82) is 0 Å². The second-order valence-corrected chi connectivity index (χ2v) is 6.70. The van der Waals surface area contributed by atoms with Gasteiger partial charge in [0.05, 0.1) is 23.4 Å². The second-order valence-electron chi connectivity index (χ2n) is 4.89. The number of carbonyl (C=O) groups is 1. The molecule has 0 saturated carbocycles. The molecule has 0 aliphatic rings. The number of rotatable bonds is 5. The Morgan fingerprint density at radius 3 is 2.75 bits per heavy atom. The molecule has 0 atom stereocenters. The highest BCUT2D eigenvalue weighted by Gasteiger charge is 2.10. The quantitative estimate of drug-likeness (QED) is 0.633. The number of thioether (sulfide) groups is 1. The van der Waals surface area contributed by atoms with Crippen LogP contribution in [0.1, 0.15) is 0 Å². The smallest absolute Gasteiger partial charge is 0.234 e. The number of methoxy groups -OCH3 is 1. The molecule has 8 heteroatoms. The average molecular weight is 382 g/mol. The fraction of sp³-hybridized carbons (Fsp3) is 0.125. The van der Waals surface area contributed by atoms with E-state index in [1.165, 1.54) is 11.8 Å². The molecule has 0 aliphatic heterocycles. The van der Waals surface area contributed by atoms with Crippen LogP contribution in [0, 0.1) is 0 Å². The molecular weight excluding hydrogens is 369 g/mol. The lowest BCUT2D eigenvalue weighted by Crippen LogP contribution is -2.13. The third-order valence-electron chi connectivity index (χ3n) is 3.20. The van der Waals surface area contributed by atoms with Gasteiger partial charge in [-0.05, 0) is 36.4 Å². The largest absolute Gasteiger partial charge is 0.497 e. The summed E-state index contributed by atoms with van der Waals surface area (Å²) in [6.07, 6.45) is 0. The van der Waals surface area contributed by atoms with E-state index < -0.39 is 0 Å². The Labute approximate surface area is 152 Å². The maximum absolute atomic E-state index is 12.0. The molecule has 0 bridgehead atoms. The monoisotopic (exact) mass is 381 g/mol. The van der Waals surface area contributed by atoms with Crippen LogP contribution in [-0.4, -0.2) is 28.7 Å². The number of halogens is 2. The molecule has 0 aliphatic carbocycles. The number of imidazole rings is 1. The Kier molecular flexibility index (Phi) is 5.18. The summed E-state index contributed by atoms with van der Waals surface area (Å²) in [5.41, 5.74) is 2.09. The first kappa shape index (κ1) is 17.0. The van der Waals surface area contributed by atoms with Crippen LogP contribution in [0.15, 0.2) is 41.6 Å². The summed E-state index contributed by atoms with van der Waals surface area (Å²) in [5, 5.41) is 4.43. The van der Waals surface area contributed by atoms with Crippen LogP contribution in [0.3, 0.4) is 0 Å². The lowest BCUT2D eigenvalue weighted by atomic mass is 10.3. The van der Waals surface area contributed by atoms with Crippen molar-refractivity contribution >= 4 is 57.6 Å². The Balaban J connectivity index is 1.62. The minimum Gasteiger partial charge on any atom is -0.497 e. The zero-order valence-electron chi connectivity index (χ0n) is 12.6. The van der Waals surface area contributed by atoms with Gasteiger partial charge >= 0.3 is 0 Å². The van der Waals surface area contributed by atoms with Crippen molar-refractivity contribution in [3.63, 3.8) is 0 Å². The van der Waals surface area contributed by atoms with E-state index in [-0.39, 0.29) is 11.7 Å². The fourth-order valence-electron chi connectivity index (χ4n) is 2.09. The first-order valence-corrected chi connectivity index (χ1v) is 8.71. The third kappa shape index (κ3) is 3.95. The summed E-state index contributed by atoms with van der Waals surface area (Å²) >= 11 is 13.4. The van der Waals surface area contributed by atoms with Gasteiger partial charge in [-0.1, -0.05) is 35.0 Å². The number of aromatic amines is 1. The van der Waals surface area contributed by atoms with Gasteiger partial charge in [0.15, 0.2) is 5.16 Å². The van der Waals surface area contributed by atoms with E-state index in [2.05, 4.69) is 15.3 Å². The predicted molar refractivity (Wildman–Crippen MR) is 98.5 cm³/mol. The van der Waals surface area contributed by atoms with E-state index in [1.54, 1.807) is 43.5 Å². The number of anilines is 1. The Morgan fingerprint density at radius 1 is 1.29 bits per heavy atom. The number of fused-ring (bicyclic) bond motifs is 1. The molecule has 5 nitrogen and oxygen atoms in total. The first-order chi connectivity index (χ1) is 11.5. The number of nitrogens with one attached hydrogen (secondary N) is 2. The molecule has 2 aromatic carbocycles. The van der Waals surface area contributed by atoms with Crippen molar-refractivity contribution in [2.45, 2.75) is 5.16 Å². The molecule has 0 saturated heterocycles. The summed E-state index contributed by atoms with van der Waals surface area (Å²) in [4.78, 5) is 19.5. The number of hydrogen-bond donors (Lipinski definition) is 2. The van der Waals surface area contributed by atoms with Crippen molar-refractivity contribution < 1.29 is 9.53 Å². The summed E-state index contributed by atoms with van der Waals surface area (Å²) in [7, 11) is 1.59. The van der Waals surface area contributed by atoms with Crippen LogP contribution in [-0.2, 0) is 4.79 Å². The van der Waals surface area contributed by atoms with Gasteiger partial charge in [-0.3, -0.25) is 4.79 Å². The SMILES string of the molecule is COc1ccc(NC(=O)CSc2nc3c(Cl)cc(Cl)cc3[nH]2)cc1. The molecule has 3 rings (SSSR count). The average Bonchev–Trinajstić information content (AvgIpc) is 2.97. The molecule has 0 fully saturated rings. The van der Waals surface area contributed by atoms with Crippen LogP contribution in [0.5, 0.6) is 5.75 Å². The molecule has 0 radical (unpaired) electrons. The van der Waals surface area contributed by atoms with E-state index in [9.17, 15) is 4.79 Å². The molecule has 24 heavy (non-hydrogen) atoms. The molecule has 1 heterocycles. The molecule has 1 amide bonds. The Hall–Kier alpha value is -1.89. The van der Waals surface area contributed by atoms with E-state index in [1.807, 2.05) is 0 Å². The van der Waals surface area contributed by atoms with Gasteiger partial charge in [-0.2, -0.15) is 0 Å². The van der Waals surface area contributed by atoms with Crippen molar-refractivity contribution in [1.82, 2.24) is 9.97 Å². The summed E-state index contributed by atoms with van der Waals surface area (Å²) < 4.78 is 5.08. The van der Waals surface area contributed by atoms with Gasteiger partial charge in [0.25, 0.3) is 0 Å². The molecule has 124 valence electrons. The number of nitrogens with zero attached hydrogens (tertiary/aromatic N) is 1. The van der Waals surface area contributed by atoms with Gasteiger partial charge in [0.1, 0.15) is 11.3 Å². The van der Waals surface area contributed by atoms with Gasteiger partial charge < -0.3 is 15.0 Å². The maximum Gasteiger partial charge on any atom is 0.234 e. The lowest BCUT2D eigenvalue weighted by Gasteiger charge is -2.05. The summed E-state index contributed by atoms with van der Waals surface area (Å²) in [5.74, 6) is 0.826. The van der Waals surface area contributed by atoms with Gasteiger partial charge in [0.2, 0.25) is 5.91 Å². The Bertz CT molecular complexity index is 881. The van der Waals surface area contributed by atoms with Crippen molar-refractivity contribution in [3.8, 4) is 5.75 Å². The number of hydrogen-bond acceptors (Lipinski definition) is 4. The van der Waals surface area contributed by atoms with Crippen molar-refractivity contribution in [2.75, 3.05) is 18.2 Å². The van der Waals surface area contributed by atoms with E-state index in [4.69, 9.17) is 27.9 Å². The van der Waals surface area contributed by atoms with Gasteiger partial charge in [-0.25, -0.2) is 4.98 Å². The zero-order chi connectivity index (χ0) is 17.1. The number of amides is 1. The number of benzene rings is 2. The van der Waals surface area contributed by atoms with E-state index >= 15 is 0 Å². The maximum atomic E-state index is 12.0. The fourth-order valence-corrected chi connectivity index (χ4v) is 3.31. The topological polar surface area (TPSA) is 67.0 Å². The van der Waals surface area contributed by atoms with Crippen LogP contribution in [0.4, 0.5) is 5.69 Å². The van der Waals surface area contributed by atoms with Gasteiger partial charge in [0, 0.05) is 10.7 Å². The molecular formula is C16H13Cl2N3O2S. The normalized spacial score (nSPS) is 10.8. The van der Waals surface area contributed by atoms with Gasteiger partial charge in [-0.15, -0.1) is 0 Å². The predicted octanol–water partition coefficient (Wildman–Crippen LogP) is 4.61. The highest BCUT2D eigenvalue weighted by molar-refractivity contribution is 7.99. The first-order valence-electron chi connectivity index (χ1n) is 6.96. The lowest BCUT2D eigenvalue weighted by molar-refractivity contribution is -0.113. The number of H-pyrrole nitrogens is 1. The minimum absolute atomic E-state index is 0.130. The number of aromatic nitrogens is 2. The highest BCUT2D eigenvalue weighted by atomic mass is 35.5. The molecule has 0 spiro atoms. The Morgan fingerprint density at radius 2 is 2.04 bits per heavy atom. The second kappa shape index (κ2) is 7.34. The van der Waals surface area contributed by atoms with E-state index in [0.29, 0.717) is 26.4 Å². The molecule has 0 unspecified atom stereocenters. The minimum atomic E-state index is -0.130.